The first-order valence-electron chi connectivity index (χ1n) is 5.97. The molecule has 0 fully saturated rings. The number of H-pyrrole nitrogens is 2. The van der Waals surface area contributed by atoms with E-state index < -0.39 is 10.4 Å². The van der Waals surface area contributed by atoms with Crippen molar-refractivity contribution in [2.24, 2.45) is 0 Å². The number of pyridine rings is 2. The molecule has 0 saturated carbocycles. The molecule has 10 nitrogen and oxygen atoms in total. The molecule has 0 atom stereocenters. The zero-order valence-corrected chi connectivity index (χ0v) is 12.3. The number of carbonyl (C=O) groups is 2. The summed E-state index contributed by atoms with van der Waals surface area (Å²) in [4.78, 5) is 28.9. The van der Waals surface area contributed by atoms with E-state index in [1.165, 1.54) is 0 Å². The largest absolute Gasteiger partial charge is 0.759 e. The molecule has 0 unspecified atom stereocenters. The van der Waals surface area contributed by atoms with Gasteiger partial charge in [0.2, 0.25) is 0 Å². The van der Waals surface area contributed by atoms with Crippen LogP contribution in [0.2, 0.25) is 0 Å². The predicted molar refractivity (Wildman–Crippen MR) is 71.4 cm³/mol. The molecule has 122 valence electrons. The molecule has 0 aromatic carbocycles. The Kier molecular flexibility index (Phi) is 6.73. The number of amides is 2. The van der Waals surface area contributed by atoms with Gasteiger partial charge in [-0.05, 0) is 0 Å². The molecule has 2 rings (SSSR count). The SMILES string of the molecule is O=C(NNC(=O)c1cc[nH+]cc1)c1cc[nH+]cc1.O=S(=O)([O-])[O-]. The van der Waals surface area contributed by atoms with Crippen molar-refractivity contribution < 1.29 is 37.1 Å². The minimum absolute atomic E-state index is 0.375. The normalized spacial score (nSPS) is 10.0. The van der Waals surface area contributed by atoms with E-state index in [1.54, 1.807) is 49.1 Å². The van der Waals surface area contributed by atoms with Crippen LogP contribution in [0.1, 0.15) is 20.7 Å². The van der Waals surface area contributed by atoms with E-state index in [0.29, 0.717) is 11.1 Å². The number of hydrogen-bond donors (Lipinski definition) is 2. The lowest BCUT2D eigenvalue weighted by molar-refractivity contribution is -0.378. The van der Waals surface area contributed by atoms with Gasteiger partial charge < -0.3 is 9.11 Å². The van der Waals surface area contributed by atoms with Gasteiger partial charge in [0, 0.05) is 34.7 Å². The Morgan fingerprint density at radius 2 is 1.04 bits per heavy atom. The zero-order valence-electron chi connectivity index (χ0n) is 11.5. The Morgan fingerprint density at radius 3 is 1.30 bits per heavy atom. The van der Waals surface area contributed by atoms with Crippen LogP contribution in [-0.2, 0) is 10.4 Å². The second kappa shape index (κ2) is 8.53. The van der Waals surface area contributed by atoms with Crippen molar-refractivity contribution in [3.8, 4) is 0 Å². The molecule has 2 heterocycles. The van der Waals surface area contributed by atoms with Crippen LogP contribution >= 0.6 is 0 Å². The fraction of sp³-hybridized carbons (Fsp3) is 0. The van der Waals surface area contributed by atoms with Crippen molar-refractivity contribution in [3.63, 3.8) is 0 Å². The van der Waals surface area contributed by atoms with Crippen molar-refractivity contribution in [2.75, 3.05) is 0 Å². The van der Waals surface area contributed by atoms with Crippen LogP contribution in [0.4, 0.5) is 0 Å². The first-order valence-corrected chi connectivity index (χ1v) is 7.30. The molecule has 0 bridgehead atoms. The number of hydrazine groups is 1. The molecule has 11 heteroatoms. The molecule has 2 amide bonds. The van der Waals surface area contributed by atoms with Crippen LogP contribution in [0.15, 0.2) is 49.1 Å². The number of nitrogens with one attached hydrogen (secondary N) is 4. The summed E-state index contributed by atoms with van der Waals surface area (Å²) in [5.41, 5.74) is 5.58. The summed E-state index contributed by atoms with van der Waals surface area (Å²) in [7, 11) is -5.17. The van der Waals surface area contributed by atoms with Crippen molar-refractivity contribution in [3.05, 3.63) is 60.2 Å². The fourth-order valence-electron chi connectivity index (χ4n) is 1.33. The summed E-state index contributed by atoms with van der Waals surface area (Å²) >= 11 is 0. The first-order chi connectivity index (χ1) is 10.8. The third-order valence-corrected chi connectivity index (χ3v) is 2.25. The highest BCUT2D eigenvalue weighted by Gasteiger charge is 2.09. The molecule has 23 heavy (non-hydrogen) atoms. The number of carbonyl (C=O) groups excluding carboxylic acids is 2. The van der Waals surface area contributed by atoms with Gasteiger partial charge in [0.25, 0.3) is 11.8 Å². The van der Waals surface area contributed by atoms with E-state index in [4.69, 9.17) is 17.5 Å². The van der Waals surface area contributed by atoms with Crippen LogP contribution < -0.4 is 20.8 Å². The molecule has 2 aromatic rings. The molecule has 0 spiro atoms. The molecule has 0 saturated heterocycles. The Balaban J connectivity index is 0.000000463. The van der Waals surface area contributed by atoms with Gasteiger partial charge in [-0.2, -0.15) is 0 Å². The molecule has 0 radical (unpaired) electrons. The van der Waals surface area contributed by atoms with Gasteiger partial charge in [-0.3, -0.25) is 28.9 Å². The summed E-state index contributed by atoms with van der Waals surface area (Å²) in [6.45, 7) is 0. The number of aromatic nitrogens is 2. The average molecular weight is 340 g/mol. The third-order valence-electron chi connectivity index (χ3n) is 2.25. The maximum atomic E-state index is 11.6. The fourth-order valence-corrected chi connectivity index (χ4v) is 1.33. The van der Waals surface area contributed by atoms with Crippen molar-refractivity contribution in [1.82, 2.24) is 10.9 Å². The Morgan fingerprint density at radius 1 is 0.783 bits per heavy atom. The highest BCUT2D eigenvalue weighted by atomic mass is 32.3. The molecular weight excluding hydrogens is 328 g/mol. The smallest absolute Gasteiger partial charge is 0.270 e. The van der Waals surface area contributed by atoms with Crippen molar-refractivity contribution >= 4 is 22.2 Å². The van der Waals surface area contributed by atoms with Crippen LogP contribution in [0.25, 0.3) is 0 Å². The zero-order chi connectivity index (χ0) is 17.3. The number of rotatable bonds is 2. The maximum Gasteiger partial charge on any atom is 0.270 e. The van der Waals surface area contributed by atoms with E-state index in [9.17, 15) is 9.59 Å². The highest BCUT2D eigenvalue weighted by Crippen LogP contribution is 1.95. The second-order valence-corrected chi connectivity index (χ2v) is 4.71. The van der Waals surface area contributed by atoms with Gasteiger partial charge in [-0.25, -0.2) is 9.97 Å². The summed E-state index contributed by atoms with van der Waals surface area (Å²) < 4.78 is 34.1. The molecule has 4 N–H and O–H groups in total. The lowest BCUT2D eigenvalue weighted by Crippen LogP contribution is -2.41. The molecule has 0 aliphatic carbocycles. The minimum Gasteiger partial charge on any atom is -0.759 e. The van der Waals surface area contributed by atoms with Gasteiger partial charge in [0.05, 0.1) is 11.1 Å². The van der Waals surface area contributed by atoms with E-state index >= 15 is 0 Å². The van der Waals surface area contributed by atoms with Crippen LogP contribution in [0, 0.1) is 0 Å². The van der Waals surface area contributed by atoms with Crippen LogP contribution in [-0.4, -0.2) is 29.3 Å². The van der Waals surface area contributed by atoms with E-state index in [2.05, 4.69) is 20.8 Å². The summed E-state index contributed by atoms with van der Waals surface area (Å²) in [5, 5.41) is 0. The summed E-state index contributed by atoms with van der Waals surface area (Å²) in [6.07, 6.45) is 6.51. The first kappa shape index (κ1) is 18.2. The lowest BCUT2D eigenvalue weighted by atomic mass is 10.2. The van der Waals surface area contributed by atoms with Gasteiger partial charge in [-0.15, -0.1) is 0 Å². The van der Waals surface area contributed by atoms with E-state index in [1.807, 2.05) is 0 Å². The summed E-state index contributed by atoms with van der Waals surface area (Å²) in [6, 6.07) is 6.44. The number of aromatic amines is 2. The Labute approximate surface area is 131 Å². The highest BCUT2D eigenvalue weighted by molar-refractivity contribution is 7.79. The maximum absolute atomic E-state index is 11.6. The van der Waals surface area contributed by atoms with Crippen molar-refractivity contribution in [2.45, 2.75) is 0 Å². The average Bonchev–Trinajstić information content (AvgIpc) is 2.52. The molecule has 0 aliphatic heterocycles. The molecular formula is C12H12N4O6S. The quantitative estimate of drug-likeness (QED) is 0.366. The minimum atomic E-state index is -5.17. The topological polar surface area (TPSA) is 167 Å². The Hall–Kier alpha value is -2.89. The van der Waals surface area contributed by atoms with Crippen LogP contribution in [0.3, 0.4) is 0 Å². The third kappa shape index (κ3) is 8.21. The second-order valence-electron chi connectivity index (χ2n) is 3.89. The van der Waals surface area contributed by atoms with Gasteiger partial charge >= 0.3 is 0 Å². The predicted octanol–water partition coefficient (Wildman–Crippen LogP) is -1.95. The summed E-state index contributed by atoms with van der Waals surface area (Å²) in [5.74, 6) is -0.750. The van der Waals surface area contributed by atoms with Gasteiger partial charge in [0.15, 0.2) is 24.8 Å². The molecule has 0 aliphatic rings. The number of hydrogen-bond acceptors (Lipinski definition) is 6. The standard InChI is InChI=1S/C12H10N4O2.H2O4S/c17-11(9-1-5-13-6-2-9)15-16-12(18)10-3-7-14-8-4-10;1-5(2,3)4/h1-8H,(H,15,17)(H,16,18);(H2,1,2,3,4). The van der Waals surface area contributed by atoms with Crippen molar-refractivity contribution in [1.29, 1.82) is 0 Å². The lowest BCUT2D eigenvalue weighted by Gasteiger charge is -2.06. The van der Waals surface area contributed by atoms with Crippen LogP contribution in [0.5, 0.6) is 0 Å². The monoisotopic (exact) mass is 340 g/mol. The Bertz CT molecular complexity index is 692. The van der Waals surface area contributed by atoms with Gasteiger partial charge in [-0.1, -0.05) is 0 Å². The van der Waals surface area contributed by atoms with E-state index in [0.717, 1.165) is 0 Å². The van der Waals surface area contributed by atoms with Gasteiger partial charge in [0.1, 0.15) is 0 Å². The van der Waals surface area contributed by atoms with E-state index in [-0.39, 0.29) is 11.8 Å². The molecule has 2 aromatic heterocycles.